The van der Waals surface area contributed by atoms with Crippen molar-refractivity contribution < 1.29 is 9.59 Å². The summed E-state index contributed by atoms with van der Waals surface area (Å²) in [6.07, 6.45) is 3.54. The number of nitrogens with one attached hydrogen (secondary N) is 1. The summed E-state index contributed by atoms with van der Waals surface area (Å²) in [6.45, 7) is 1.82. The van der Waals surface area contributed by atoms with Crippen molar-refractivity contribution in [1.82, 2.24) is 20.1 Å². The summed E-state index contributed by atoms with van der Waals surface area (Å²) in [7, 11) is 1.71. The van der Waals surface area contributed by atoms with Gasteiger partial charge in [-0.2, -0.15) is 0 Å². The molecule has 0 bridgehead atoms. The number of carbonyl (C=O) groups excluding carboxylic acids is 2. The second-order valence-corrected chi connectivity index (χ2v) is 6.34. The molecule has 3 rings (SSSR count). The first kappa shape index (κ1) is 14.6. The average Bonchev–Trinajstić information content (AvgIpc) is 3.04. The first-order valence-electron chi connectivity index (χ1n) is 6.83. The molecule has 1 N–H and O–H groups in total. The highest BCUT2D eigenvalue weighted by Gasteiger charge is 2.43. The largest absolute Gasteiger partial charge is 0.338 e. The molecule has 0 aromatic carbocycles. The Balaban J connectivity index is 1.84. The number of nitrogens with zero attached hydrogens (tertiary/aromatic N) is 4. The summed E-state index contributed by atoms with van der Waals surface area (Å²) in [5, 5.41) is 11.7. The lowest BCUT2D eigenvalue weighted by Crippen LogP contribution is -2.30. The van der Waals surface area contributed by atoms with Crippen LogP contribution in [-0.4, -0.2) is 38.9 Å². The van der Waals surface area contributed by atoms with E-state index in [-0.39, 0.29) is 24.3 Å². The number of rotatable bonds is 3. The van der Waals surface area contributed by atoms with E-state index in [4.69, 9.17) is 0 Å². The third-order valence-corrected chi connectivity index (χ3v) is 4.46. The molecular formula is C14H15N5O2S. The zero-order valence-corrected chi connectivity index (χ0v) is 13.0. The molecule has 114 valence electrons. The van der Waals surface area contributed by atoms with Gasteiger partial charge in [-0.05, 0) is 18.6 Å². The van der Waals surface area contributed by atoms with Crippen molar-refractivity contribution >= 4 is 28.3 Å². The monoisotopic (exact) mass is 317 g/mol. The van der Waals surface area contributed by atoms with Gasteiger partial charge < -0.3 is 10.2 Å². The topological polar surface area (TPSA) is 88.1 Å². The highest BCUT2D eigenvalue weighted by atomic mass is 32.1. The normalized spacial score (nSPS) is 21.2. The summed E-state index contributed by atoms with van der Waals surface area (Å²) >= 11 is 1.31. The number of aromatic nitrogens is 3. The zero-order chi connectivity index (χ0) is 15.7. The van der Waals surface area contributed by atoms with Crippen LogP contribution in [0.5, 0.6) is 0 Å². The first-order valence-corrected chi connectivity index (χ1v) is 7.64. The molecule has 1 saturated heterocycles. The summed E-state index contributed by atoms with van der Waals surface area (Å²) in [6, 6.07) is 3.37. The molecule has 1 fully saturated rings. The van der Waals surface area contributed by atoms with Gasteiger partial charge in [-0.3, -0.25) is 14.6 Å². The molecule has 1 aliphatic heterocycles. The highest BCUT2D eigenvalue weighted by molar-refractivity contribution is 7.15. The van der Waals surface area contributed by atoms with Crippen molar-refractivity contribution in [3.8, 4) is 0 Å². The molecule has 1 aliphatic rings. The van der Waals surface area contributed by atoms with E-state index in [9.17, 15) is 9.59 Å². The molecule has 0 spiro atoms. The lowest BCUT2D eigenvalue weighted by atomic mass is 9.94. The fourth-order valence-electron chi connectivity index (χ4n) is 2.66. The van der Waals surface area contributed by atoms with Crippen LogP contribution >= 0.6 is 11.3 Å². The van der Waals surface area contributed by atoms with Gasteiger partial charge in [0.05, 0.1) is 12.0 Å². The Labute approximate surface area is 131 Å². The van der Waals surface area contributed by atoms with Crippen LogP contribution in [0.2, 0.25) is 0 Å². The Morgan fingerprint density at radius 3 is 2.91 bits per heavy atom. The van der Waals surface area contributed by atoms with Crippen molar-refractivity contribution in [1.29, 1.82) is 0 Å². The number of aryl methyl sites for hydroxylation is 1. The molecule has 2 aromatic heterocycles. The maximum absolute atomic E-state index is 12.5. The Bertz CT molecular complexity index is 702. The third kappa shape index (κ3) is 2.69. The van der Waals surface area contributed by atoms with E-state index in [0.29, 0.717) is 5.13 Å². The lowest BCUT2D eigenvalue weighted by molar-refractivity contribution is -0.127. The van der Waals surface area contributed by atoms with Crippen molar-refractivity contribution in [3.05, 3.63) is 35.1 Å². The Morgan fingerprint density at radius 2 is 2.27 bits per heavy atom. The van der Waals surface area contributed by atoms with E-state index in [1.54, 1.807) is 30.4 Å². The summed E-state index contributed by atoms with van der Waals surface area (Å²) in [4.78, 5) is 30.2. The van der Waals surface area contributed by atoms with Crippen LogP contribution in [0.15, 0.2) is 24.5 Å². The summed E-state index contributed by atoms with van der Waals surface area (Å²) in [5.41, 5.74) is 0.851. The minimum absolute atomic E-state index is 0.0533. The van der Waals surface area contributed by atoms with Gasteiger partial charge in [0.1, 0.15) is 5.01 Å². The van der Waals surface area contributed by atoms with Crippen molar-refractivity contribution in [2.75, 3.05) is 12.4 Å². The molecule has 0 saturated carbocycles. The third-order valence-electron chi connectivity index (χ3n) is 3.71. The molecule has 2 amide bonds. The van der Waals surface area contributed by atoms with Gasteiger partial charge >= 0.3 is 0 Å². The van der Waals surface area contributed by atoms with E-state index in [1.165, 1.54) is 11.3 Å². The predicted molar refractivity (Wildman–Crippen MR) is 81.1 cm³/mol. The maximum Gasteiger partial charge on any atom is 0.232 e. The Morgan fingerprint density at radius 1 is 1.45 bits per heavy atom. The fraction of sp³-hybridized carbons (Fsp3) is 0.357. The number of pyridine rings is 1. The molecule has 22 heavy (non-hydrogen) atoms. The van der Waals surface area contributed by atoms with Gasteiger partial charge in [0, 0.05) is 25.9 Å². The minimum Gasteiger partial charge on any atom is -0.338 e. The van der Waals surface area contributed by atoms with Crippen molar-refractivity contribution in [2.24, 2.45) is 5.92 Å². The van der Waals surface area contributed by atoms with Gasteiger partial charge in [-0.25, -0.2) is 0 Å². The van der Waals surface area contributed by atoms with Gasteiger partial charge in [0.2, 0.25) is 16.9 Å². The van der Waals surface area contributed by atoms with E-state index in [2.05, 4.69) is 20.5 Å². The molecule has 3 heterocycles. The standard InChI is InChI=1S/C14H15N5O2S/c1-8-17-18-14(22-8)16-13(21)10-6-11(20)19(2)12(10)9-4-3-5-15-7-9/h3-5,7,10,12H,6H2,1-2H3,(H,16,18,21). The minimum atomic E-state index is -0.467. The molecule has 2 atom stereocenters. The second kappa shape index (κ2) is 5.80. The smallest absolute Gasteiger partial charge is 0.232 e. The number of likely N-dealkylation sites (tertiary alicyclic amines) is 1. The number of anilines is 1. The van der Waals surface area contributed by atoms with Crippen molar-refractivity contribution in [2.45, 2.75) is 19.4 Å². The summed E-state index contributed by atoms with van der Waals surface area (Å²) < 4.78 is 0. The van der Waals surface area contributed by atoms with E-state index in [0.717, 1.165) is 10.6 Å². The Hall–Kier alpha value is -2.35. The van der Waals surface area contributed by atoms with E-state index in [1.807, 2.05) is 13.0 Å². The molecular weight excluding hydrogens is 302 g/mol. The van der Waals surface area contributed by atoms with Gasteiger partial charge in [0.15, 0.2) is 0 Å². The maximum atomic E-state index is 12.5. The molecule has 0 aliphatic carbocycles. The van der Waals surface area contributed by atoms with Gasteiger partial charge in [0.25, 0.3) is 0 Å². The van der Waals surface area contributed by atoms with Crippen molar-refractivity contribution in [3.63, 3.8) is 0 Å². The van der Waals surface area contributed by atoms with E-state index >= 15 is 0 Å². The quantitative estimate of drug-likeness (QED) is 0.924. The first-order chi connectivity index (χ1) is 10.6. The summed E-state index contributed by atoms with van der Waals surface area (Å²) in [5.74, 6) is -0.740. The van der Waals surface area contributed by atoms with E-state index < -0.39 is 5.92 Å². The van der Waals surface area contributed by atoms with Gasteiger partial charge in [-0.15, -0.1) is 10.2 Å². The second-order valence-electron chi connectivity index (χ2n) is 5.16. The van der Waals surface area contributed by atoms with Crippen LogP contribution in [-0.2, 0) is 9.59 Å². The van der Waals surface area contributed by atoms with Gasteiger partial charge in [-0.1, -0.05) is 17.4 Å². The molecule has 7 nitrogen and oxygen atoms in total. The number of hydrogen-bond donors (Lipinski definition) is 1. The van der Waals surface area contributed by atoms with Crippen LogP contribution in [0.1, 0.15) is 23.0 Å². The van der Waals surface area contributed by atoms with Crippen LogP contribution in [0.3, 0.4) is 0 Å². The van der Waals surface area contributed by atoms with Crippen LogP contribution in [0, 0.1) is 12.8 Å². The number of hydrogen-bond acceptors (Lipinski definition) is 6. The Kier molecular flexibility index (Phi) is 3.84. The lowest BCUT2D eigenvalue weighted by Gasteiger charge is -2.24. The van der Waals surface area contributed by atoms with Crippen LogP contribution < -0.4 is 5.32 Å². The molecule has 0 radical (unpaired) electrons. The molecule has 2 unspecified atom stereocenters. The molecule has 2 aromatic rings. The van der Waals surface area contributed by atoms with Crippen LogP contribution in [0.25, 0.3) is 0 Å². The number of amides is 2. The fourth-order valence-corrected chi connectivity index (χ4v) is 3.25. The SMILES string of the molecule is Cc1nnc(NC(=O)C2CC(=O)N(C)C2c2cccnc2)s1. The average molecular weight is 317 g/mol. The predicted octanol–water partition coefficient (Wildman–Crippen LogP) is 1.40. The van der Waals surface area contributed by atoms with Crippen LogP contribution in [0.4, 0.5) is 5.13 Å². The zero-order valence-electron chi connectivity index (χ0n) is 12.2. The molecule has 8 heteroatoms. The highest BCUT2D eigenvalue weighted by Crippen LogP contribution is 2.37. The number of carbonyl (C=O) groups is 2.